The van der Waals surface area contributed by atoms with Crippen molar-refractivity contribution in [2.24, 2.45) is 0 Å². The molecule has 1 unspecified atom stereocenters. The molecule has 1 aromatic heterocycles. The minimum absolute atomic E-state index is 0.235. The van der Waals surface area contributed by atoms with Crippen LogP contribution in [-0.4, -0.2) is 37.5 Å². The van der Waals surface area contributed by atoms with E-state index in [1.165, 1.54) is 0 Å². The second kappa shape index (κ2) is 4.89. The number of aromatic nitrogens is 1. The summed E-state index contributed by atoms with van der Waals surface area (Å²) < 4.78 is 10.9. The van der Waals surface area contributed by atoms with E-state index < -0.39 is 0 Å². The normalized spacial score (nSPS) is 23.9. The Labute approximate surface area is 101 Å². The summed E-state index contributed by atoms with van der Waals surface area (Å²) >= 11 is 0. The molecule has 1 aliphatic heterocycles. The van der Waals surface area contributed by atoms with E-state index in [9.17, 15) is 0 Å². The quantitative estimate of drug-likeness (QED) is 0.823. The van der Waals surface area contributed by atoms with Crippen LogP contribution in [-0.2, 0) is 9.47 Å². The van der Waals surface area contributed by atoms with E-state index in [-0.39, 0.29) is 5.60 Å². The average molecular weight is 237 g/mol. The van der Waals surface area contributed by atoms with Crippen LogP contribution < -0.4 is 11.1 Å². The first kappa shape index (κ1) is 12.1. The van der Waals surface area contributed by atoms with Crippen molar-refractivity contribution in [3.63, 3.8) is 0 Å². The largest absolute Gasteiger partial charge is 0.398 e. The van der Waals surface area contributed by atoms with E-state index in [1.807, 2.05) is 13.0 Å². The minimum Gasteiger partial charge on any atom is -0.398 e. The number of anilines is 2. The van der Waals surface area contributed by atoms with Gasteiger partial charge in [0, 0.05) is 44.6 Å². The lowest BCUT2D eigenvalue weighted by molar-refractivity contribution is -0.00625. The number of nitrogen functional groups attached to an aromatic ring is 1. The maximum atomic E-state index is 5.83. The second-order valence-corrected chi connectivity index (χ2v) is 4.47. The Bertz CT molecular complexity index is 389. The molecule has 0 aliphatic carbocycles. The number of nitrogens with zero attached hydrogens (tertiary/aromatic N) is 1. The molecule has 1 saturated heterocycles. The van der Waals surface area contributed by atoms with Crippen molar-refractivity contribution in [2.45, 2.75) is 18.9 Å². The van der Waals surface area contributed by atoms with Gasteiger partial charge in [0.2, 0.25) is 0 Å². The van der Waals surface area contributed by atoms with Crippen LogP contribution in [0.5, 0.6) is 0 Å². The first-order valence-electron chi connectivity index (χ1n) is 5.74. The van der Waals surface area contributed by atoms with Crippen LogP contribution in [0.25, 0.3) is 0 Å². The summed E-state index contributed by atoms with van der Waals surface area (Å²) in [5, 5.41) is 3.25. The molecule has 0 spiro atoms. The lowest BCUT2D eigenvalue weighted by Gasteiger charge is -2.26. The molecule has 5 heteroatoms. The van der Waals surface area contributed by atoms with Gasteiger partial charge in [0.15, 0.2) is 0 Å². The molecule has 0 amide bonds. The summed E-state index contributed by atoms with van der Waals surface area (Å²) in [6.07, 6.45) is 2.67. The van der Waals surface area contributed by atoms with Crippen molar-refractivity contribution in [1.82, 2.24) is 4.98 Å². The van der Waals surface area contributed by atoms with Gasteiger partial charge in [-0.2, -0.15) is 0 Å². The molecule has 0 aromatic carbocycles. The van der Waals surface area contributed by atoms with Crippen LogP contribution >= 0.6 is 0 Å². The molecule has 0 radical (unpaired) electrons. The molecule has 2 heterocycles. The van der Waals surface area contributed by atoms with E-state index in [1.54, 1.807) is 13.3 Å². The highest BCUT2D eigenvalue weighted by molar-refractivity contribution is 5.53. The summed E-state index contributed by atoms with van der Waals surface area (Å²) in [6, 6.07) is 1.84. The zero-order chi connectivity index (χ0) is 12.3. The Morgan fingerprint density at radius 2 is 2.47 bits per heavy atom. The smallest absolute Gasteiger partial charge is 0.128 e. The number of aryl methyl sites for hydroxylation is 1. The third-order valence-electron chi connectivity index (χ3n) is 3.24. The number of nitrogens with two attached hydrogens (primary N) is 1. The van der Waals surface area contributed by atoms with Gasteiger partial charge in [-0.3, -0.25) is 0 Å². The minimum atomic E-state index is -0.235. The molecule has 1 atom stereocenters. The van der Waals surface area contributed by atoms with E-state index in [4.69, 9.17) is 15.2 Å². The first-order valence-corrected chi connectivity index (χ1v) is 5.74. The zero-order valence-corrected chi connectivity index (χ0v) is 10.3. The van der Waals surface area contributed by atoms with Gasteiger partial charge >= 0.3 is 0 Å². The fourth-order valence-corrected chi connectivity index (χ4v) is 1.85. The highest BCUT2D eigenvalue weighted by Crippen LogP contribution is 2.23. The highest BCUT2D eigenvalue weighted by Gasteiger charge is 2.34. The predicted octanol–water partition coefficient (Wildman–Crippen LogP) is 1.19. The molecular weight excluding hydrogens is 218 g/mol. The third-order valence-corrected chi connectivity index (χ3v) is 3.24. The fraction of sp³-hybridized carbons (Fsp3) is 0.583. The molecule has 1 aliphatic rings. The third kappa shape index (κ3) is 2.68. The van der Waals surface area contributed by atoms with Crippen molar-refractivity contribution >= 4 is 11.5 Å². The summed E-state index contributed by atoms with van der Waals surface area (Å²) in [4.78, 5) is 4.28. The zero-order valence-electron chi connectivity index (χ0n) is 10.3. The molecule has 94 valence electrons. The van der Waals surface area contributed by atoms with Gasteiger partial charge in [0.25, 0.3) is 0 Å². The van der Waals surface area contributed by atoms with Crippen LogP contribution in [0.1, 0.15) is 12.0 Å². The average Bonchev–Trinajstić information content (AvgIpc) is 2.80. The van der Waals surface area contributed by atoms with E-state index in [2.05, 4.69) is 10.3 Å². The molecular formula is C12H19N3O2. The number of pyridine rings is 1. The van der Waals surface area contributed by atoms with Gasteiger partial charge in [0.05, 0.1) is 6.61 Å². The van der Waals surface area contributed by atoms with Crippen LogP contribution in [0.3, 0.4) is 0 Å². The van der Waals surface area contributed by atoms with Crippen molar-refractivity contribution in [2.75, 3.05) is 37.9 Å². The number of rotatable bonds is 4. The molecule has 3 N–H and O–H groups in total. The summed E-state index contributed by atoms with van der Waals surface area (Å²) in [5.74, 6) is 0.774. The lowest BCUT2D eigenvalue weighted by Crippen LogP contribution is -2.39. The van der Waals surface area contributed by atoms with Gasteiger partial charge in [0.1, 0.15) is 11.4 Å². The number of methoxy groups -OCH3 is 1. The second-order valence-electron chi connectivity index (χ2n) is 4.47. The van der Waals surface area contributed by atoms with Crippen LogP contribution in [0, 0.1) is 6.92 Å². The molecule has 1 fully saturated rings. The topological polar surface area (TPSA) is 69.4 Å². The van der Waals surface area contributed by atoms with Gasteiger partial charge in [-0.25, -0.2) is 4.98 Å². The lowest BCUT2D eigenvalue weighted by atomic mass is 10.0. The van der Waals surface area contributed by atoms with E-state index in [0.29, 0.717) is 13.2 Å². The number of nitrogens with one attached hydrogen (secondary N) is 1. The van der Waals surface area contributed by atoms with Crippen LogP contribution in [0.15, 0.2) is 12.3 Å². The van der Waals surface area contributed by atoms with E-state index >= 15 is 0 Å². The van der Waals surface area contributed by atoms with Crippen molar-refractivity contribution in [3.05, 3.63) is 17.8 Å². The molecule has 17 heavy (non-hydrogen) atoms. The van der Waals surface area contributed by atoms with Crippen molar-refractivity contribution in [1.29, 1.82) is 0 Å². The molecule has 2 rings (SSSR count). The van der Waals surface area contributed by atoms with Gasteiger partial charge in [-0.15, -0.1) is 0 Å². The van der Waals surface area contributed by atoms with E-state index in [0.717, 1.165) is 30.1 Å². The Morgan fingerprint density at radius 3 is 3.06 bits per heavy atom. The maximum absolute atomic E-state index is 5.83. The Hall–Kier alpha value is -1.33. The number of hydrogen-bond donors (Lipinski definition) is 2. The molecule has 0 saturated carbocycles. The summed E-state index contributed by atoms with van der Waals surface area (Å²) in [6.45, 7) is 3.99. The SMILES string of the molecule is COC1(CNc2cc(N)c(C)cn2)CCOC1. The fourth-order valence-electron chi connectivity index (χ4n) is 1.85. The number of ether oxygens (including phenoxy) is 2. The van der Waals surface area contributed by atoms with Crippen LogP contribution in [0.2, 0.25) is 0 Å². The molecule has 0 bridgehead atoms. The Balaban J connectivity index is 1.99. The number of hydrogen-bond acceptors (Lipinski definition) is 5. The predicted molar refractivity (Wildman–Crippen MR) is 67.1 cm³/mol. The Kier molecular flexibility index (Phi) is 3.49. The summed E-state index contributed by atoms with van der Waals surface area (Å²) in [7, 11) is 1.72. The highest BCUT2D eigenvalue weighted by atomic mass is 16.5. The van der Waals surface area contributed by atoms with Gasteiger partial charge in [-0.05, 0) is 12.5 Å². The van der Waals surface area contributed by atoms with Crippen molar-refractivity contribution < 1.29 is 9.47 Å². The maximum Gasteiger partial charge on any atom is 0.128 e. The first-order chi connectivity index (χ1) is 8.15. The monoisotopic (exact) mass is 237 g/mol. The van der Waals surface area contributed by atoms with Crippen molar-refractivity contribution in [3.8, 4) is 0 Å². The molecule has 1 aromatic rings. The molecule has 5 nitrogen and oxygen atoms in total. The summed E-state index contributed by atoms with van der Waals surface area (Å²) in [5.41, 5.74) is 7.33. The Morgan fingerprint density at radius 1 is 1.65 bits per heavy atom. The van der Waals surface area contributed by atoms with Gasteiger partial charge < -0.3 is 20.5 Å². The standard InChI is InChI=1S/C12H19N3O2/c1-9-6-14-11(5-10(9)13)15-7-12(16-2)3-4-17-8-12/h5-6H,3-4,7-8H2,1-2H3,(H3,13,14,15). The van der Waals surface area contributed by atoms with Crippen LogP contribution in [0.4, 0.5) is 11.5 Å². The van der Waals surface area contributed by atoms with Gasteiger partial charge in [-0.1, -0.05) is 0 Å².